The number of nitrogens with zero attached hydrogens (tertiary/aromatic N) is 2. The van der Waals surface area contributed by atoms with Gasteiger partial charge in [0, 0.05) is 36.1 Å². The quantitative estimate of drug-likeness (QED) is 0.818. The molecule has 1 amide bonds. The van der Waals surface area contributed by atoms with Crippen LogP contribution in [0.25, 0.3) is 0 Å². The number of hydrogen-bond acceptors (Lipinski definition) is 4. The standard InChI is InChI=1S/C19H22N2O3/c1-13-4-5-14(11-20-13)19(22)21(16-7-8-16)12-15-6-9-17(23-2)10-18(15)24-3/h4-6,9-11,16H,7-8,12H2,1-3H3. The number of ether oxygens (including phenoxy) is 2. The molecule has 1 heterocycles. The molecule has 0 radical (unpaired) electrons. The van der Waals surface area contributed by atoms with Crippen molar-refractivity contribution in [3.8, 4) is 11.5 Å². The summed E-state index contributed by atoms with van der Waals surface area (Å²) >= 11 is 0. The number of methoxy groups -OCH3 is 2. The number of carbonyl (C=O) groups excluding carboxylic acids is 1. The first-order chi connectivity index (χ1) is 11.6. The summed E-state index contributed by atoms with van der Waals surface area (Å²) < 4.78 is 10.7. The monoisotopic (exact) mass is 326 g/mol. The first kappa shape index (κ1) is 16.3. The second kappa shape index (κ2) is 6.91. The second-order valence-corrected chi connectivity index (χ2v) is 6.03. The Hall–Kier alpha value is -2.56. The van der Waals surface area contributed by atoms with E-state index in [1.807, 2.05) is 42.2 Å². The van der Waals surface area contributed by atoms with E-state index in [1.165, 1.54) is 0 Å². The van der Waals surface area contributed by atoms with E-state index in [0.29, 0.717) is 18.2 Å². The number of carbonyl (C=O) groups is 1. The van der Waals surface area contributed by atoms with Gasteiger partial charge in [-0.15, -0.1) is 0 Å². The Morgan fingerprint density at radius 2 is 2.00 bits per heavy atom. The fourth-order valence-corrected chi connectivity index (χ4v) is 2.68. The van der Waals surface area contributed by atoms with Gasteiger partial charge >= 0.3 is 0 Å². The zero-order valence-electron chi connectivity index (χ0n) is 14.3. The van der Waals surface area contributed by atoms with Crippen molar-refractivity contribution >= 4 is 5.91 Å². The minimum absolute atomic E-state index is 0.0165. The molecule has 3 rings (SSSR count). The molecular weight excluding hydrogens is 304 g/mol. The molecule has 0 unspecified atom stereocenters. The third-order valence-corrected chi connectivity index (χ3v) is 4.24. The van der Waals surface area contributed by atoms with E-state index >= 15 is 0 Å². The Kier molecular flexibility index (Phi) is 4.69. The largest absolute Gasteiger partial charge is 0.497 e. The summed E-state index contributed by atoms with van der Waals surface area (Å²) in [7, 11) is 3.25. The molecule has 1 fully saturated rings. The van der Waals surface area contributed by atoms with Crippen molar-refractivity contribution in [1.82, 2.24) is 9.88 Å². The molecule has 0 bridgehead atoms. The molecule has 0 atom stereocenters. The summed E-state index contributed by atoms with van der Waals surface area (Å²) in [6, 6.07) is 9.69. The summed E-state index contributed by atoms with van der Waals surface area (Å²) in [4.78, 5) is 19.0. The van der Waals surface area contributed by atoms with Crippen LogP contribution >= 0.6 is 0 Å². The van der Waals surface area contributed by atoms with Crippen molar-refractivity contribution in [3.63, 3.8) is 0 Å². The molecule has 0 spiro atoms. The molecule has 1 aliphatic carbocycles. The minimum atomic E-state index is 0.0165. The third kappa shape index (κ3) is 3.50. The Balaban J connectivity index is 1.84. The van der Waals surface area contributed by atoms with Gasteiger partial charge in [-0.1, -0.05) is 0 Å². The van der Waals surface area contributed by atoms with Crippen molar-refractivity contribution < 1.29 is 14.3 Å². The Morgan fingerprint density at radius 3 is 2.58 bits per heavy atom. The van der Waals surface area contributed by atoms with Gasteiger partial charge < -0.3 is 14.4 Å². The van der Waals surface area contributed by atoms with Crippen molar-refractivity contribution in [2.45, 2.75) is 32.4 Å². The van der Waals surface area contributed by atoms with E-state index in [0.717, 1.165) is 35.6 Å². The van der Waals surface area contributed by atoms with Crippen molar-refractivity contribution in [2.24, 2.45) is 0 Å². The first-order valence-corrected chi connectivity index (χ1v) is 8.07. The van der Waals surface area contributed by atoms with Crippen LogP contribution in [0.15, 0.2) is 36.5 Å². The number of benzene rings is 1. The lowest BCUT2D eigenvalue weighted by molar-refractivity contribution is 0.0728. The smallest absolute Gasteiger partial charge is 0.255 e. The van der Waals surface area contributed by atoms with Crippen LogP contribution in [0.1, 0.15) is 34.5 Å². The van der Waals surface area contributed by atoms with Gasteiger partial charge in [0.1, 0.15) is 11.5 Å². The number of amides is 1. The lowest BCUT2D eigenvalue weighted by Crippen LogP contribution is -2.32. The summed E-state index contributed by atoms with van der Waals surface area (Å²) in [6.07, 6.45) is 3.74. The number of aromatic nitrogens is 1. The van der Waals surface area contributed by atoms with Crippen LogP contribution in [0.4, 0.5) is 0 Å². The highest BCUT2D eigenvalue weighted by atomic mass is 16.5. The highest BCUT2D eigenvalue weighted by Crippen LogP contribution is 2.32. The van der Waals surface area contributed by atoms with Gasteiger partial charge in [-0.25, -0.2) is 0 Å². The zero-order valence-corrected chi connectivity index (χ0v) is 14.3. The molecule has 1 aliphatic rings. The molecule has 1 aromatic heterocycles. The predicted octanol–water partition coefficient (Wildman–Crippen LogP) is 3.21. The molecule has 1 saturated carbocycles. The molecule has 1 aromatic carbocycles. The van der Waals surface area contributed by atoms with Gasteiger partial charge in [0.2, 0.25) is 0 Å². The summed E-state index contributed by atoms with van der Waals surface area (Å²) in [5, 5.41) is 0. The lowest BCUT2D eigenvalue weighted by atomic mass is 10.1. The van der Waals surface area contributed by atoms with Crippen LogP contribution in [-0.4, -0.2) is 36.1 Å². The molecule has 5 nitrogen and oxygen atoms in total. The Labute approximate surface area is 142 Å². The van der Waals surface area contributed by atoms with Crippen LogP contribution in [-0.2, 0) is 6.54 Å². The van der Waals surface area contributed by atoms with Gasteiger partial charge in [-0.05, 0) is 44.0 Å². The van der Waals surface area contributed by atoms with Crippen LogP contribution in [0.5, 0.6) is 11.5 Å². The molecule has 5 heteroatoms. The number of aryl methyl sites for hydroxylation is 1. The van der Waals surface area contributed by atoms with Crippen LogP contribution in [0.2, 0.25) is 0 Å². The Bertz CT molecular complexity index is 724. The van der Waals surface area contributed by atoms with E-state index < -0.39 is 0 Å². The fraction of sp³-hybridized carbons (Fsp3) is 0.368. The number of pyridine rings is 1. The maximum atomic E-state index is 12.9. The molecular formula is C19H22N2O3. The molecule has 24 heavy (non-hydrogen) atoms. The molecule has 2 aromatic rings. The van der Waals surface area contributed by atoms with Gasteiger partial charge in [-0.3, -0.25) is 9.78 Å². The summed E-state index contributed by atoms with van der Waals surface area (Å²) in [6.45, 7) is 2.43. The van der Waals surface area contributed by atoms with Gasteiger partial charge in [-0.2, -0.15) is 0 Å². The lowest BCUT2D eigenvalue weighted by Gasteiger charge is -2.24. The fourth-order valence-electron chi connectivity index (χ4n) is 2.68. The van der Waals surface area contributed by atoms with Crippen LogP contribution in [0.3, 0.4) is 0 Å². The topological polar surface area (TPSA) is 51.7 Å². The molecule has 0 N–H and O–H groups in total. The Morgan fingerprint density at radius 1 is 1.21 bits per heavy atom. The number of hydrogen-bond donors (Lipinski definition) is 0. The second-order valence-electron chi connectivity index (χ2n) is 6.03. The zero-order chi connectivity index (χ0) is 17.1. The van der Waals surface area contributed by atoms with Crippen LogP contribution in [0, 0.1) is 6.92 Å². The average molecular weight is 326 g/mol. The molecule has 0 aliphatic heterocycles. The van der Waals surface area contributed by atoms with E-state index in [2.05, 4.69) is 4.98 Å². The highest BCUT2D eigenvalue weighted by Gasteiger charge is 2.33. The molecule has 0 saturated heterocycles. The average Bonchev–Trinajstić information content (AvgIpc) is 3.44. The van der Waals surface area contributed by atoms with E-state index in [1.54, 1.807) is 20.4 Å². The maximum Gasteiger partial charge on any atom is 0.255 e. The minimum Gasteiger partial charge on any atom is -0.497 e. The first-order valence-electron chi connectivity index (χ1n) is 8.07. The maximum absolute atomic E-state index is 12.9. The summed E-state index contributed by atoms with van der Waals surface area (Å²) in [5.41, 5.74) is 2.50. The van der Waals surface area contributed by atoms with Gasteiger partial charge in [0.05, 0.1) is 19.8 Å². The third-order valence-electron chi connectivity index (χ3n) is 4.24. The van der Waals surface area contributed by atoms with E-state index in [-0.39, 0.29) is 5.91 Å². The van der Waals surface area contributed by atoms with E-state index in [9.17, 15) is 4.79 Å². The van der Waals surface area contributed by atoms with E-state index in [4.69, 9.17) is 9.47 Å². The number of rotatable bonds is 6. The van der Waals surface area contributed by atoms with Crippen LogP contribution < -0.4 is 9.47 Å². The summed E-state index contributed by atoms with van der Waals surface area (Å²) in [5.74, 6) is 1.49. The highest BCUT2D eigenvalue weighted by molar-refractivity contribution is 5.94. The van der Waals surface area contributed by atoms with Gasteiger partial charge in [0.25, 0.3) is 5.91 Å². The van der Waals surface area contributed by atoms with Crippen molar-refractivity contribution in [1.29, 1.82) is 0 Å². The van der Waals surface area contributed by atoms with Crippen molar-refractivity contribution in [2.75, 3.05) is 14.2 Å². The normalized spacial score (nSPS) is 13.5. The predicted molar refractivity (Wildman–Crippen MR) is 91.4 cm³/mol. The van der Waals surface area contributed by atoms with Crippen molar-refractivity contribution in [3.05, 3.63) is 53.3 Å². The SMILES string of the molecule is COc1ccc(CN(C(=O)c2ccc(C)nc2)C2CC2)c(OC)c1. The van der Waals surface area contributed by atoms with Gasteiger partial charge in [0.15, 0.2) is 0 Å². The molecule has 126 valence electrons.